The van der Waals surface area contributed by atoms with Gasteiger partial charge in [0.1, 0.15) is 5.56 Å². The molecule has 152 valence electrons. The summed E-state index contributed by atoms with van der Waals surface area (Å²) in [5, 5.41) is 12.0. The van der Waals surface area contributed by atoms with Crippen LogP contribution in [0.15, 0.2) is 34.2 Å². The summed E-state index contributed by atoms with van der Waals surface area (Å²) in [5.41, 5.74) is 3.94. The predicted molar refractivity (Wildman–Crippen MR) is 113 cm³/mol. The molecule has 0 aliphatic carbocycles. The Morgan fingerprint density at radius 1 is 1.21 bits per heavy atom. The van der Waals surface area contributed by atoms with Gasteiger partial charge in [-0.1, -0.05) is 43.3 Å². The highest BCUT2D eigenvalue weighted by Crippen LogP contribution is 2.27. The predicted octanol–water partition coefficient (Wildman–Crippen LogP) is 4.16. The van der Waals surface area contributed by atoms with Crippen LogP contribution in [0, 0.1) is 6.92 Å². The monoisotopic (exact) mass is 412 g/mol. The van der Waals surface area contributed by atoms with E-state index in [9.17, 15) is 9.59 Å². The van der Waals surface area contributed by atoms with Gasteiger partial charge < -0.3 is 9.84 Å². The number of aryl methyl sites for hydroxylation is 1. The first-order chi connectivity index (χ1) is 13.8. The molecule has 0 saturated heterocycles. The lowest BCUT2D eigenvalue weighted by molar-refractivity contribution is -0.118. The number of amides is 2. The van der Waals surface area contributed by atoms with E-state index in [0.717, 1.165) is 23.2 Å². The zero-order valence-corrected chi connectivity index (χ0v) is 17.7. The largest absolute Gasteiger partial charge is 0.360 e. The molecule has 7 nitrogen and oxygen atoms in total. The van der Waals surface area contributed by atoms with Crippen molar-refractivity contribution < 1.29 is 14.1 Å². The van der Waals surface area contributed by atoms with Crippen LogP contribution < -0.4 is 10.6 Å². The van der Waals surface area contributed by atoms with Crippen molar-refractivity contribution in [2.45, 2.75) is 40.0 Å². The van der Waals surface area contributed by atoms with Crippen LogP contribution in [-0.4, -0.2) is 28.5 Å². The fourth-order valence-corrected chi connectivity index (χ4v) is 3.62. The van der Waals surface area contributed by atoms with Crippen molar-refractivity contribution >= 4 is 28.3 Å². The molecular weight excluding hydrogens is 388 g/mol. The van der Waals surface area contributed by atoms with Crippen molar-refractivity contribution in [3.05, 3.63) is 52.2 Å². The second kappa shape index (κ2) is 9.00. The van der Waals surface area contributed by atoms with Gasteiger partial charge in [0.15, 0.2) is 10.9 Å². The van der Waals surface area contributed by atoms with Gasteiger partial charge in [-0.2, -0.15) is 0 Å². The van der Waals surface area contributed by atoms with Crippen molar-refractivity contribution in [1.82, 2.24) is 15.5 Å². The molecule has 2 N–H and O–H groups in total. The molecule has 2 amide bonds. The SMILES string of the molecule is CC(=O)NCCc1ccc(-c2csc(NC(=O)c3c(C)noc3C(C)C)n2)cc1. The highest BCUT2D eigenvalue weighted by atomic mass is 32.1. The molecule has 29 heavy (non-hydrogen) atoms. The summed E-state index contributed by atoms with van der Waals surface area (Å²) in [7, 11) is 0. The van der Waals surface area contributed by atoms with E-state index in [1.54, 1.807) is 6.92 Å². The summed E-state index contributed by atoms with van der Waals surface area (Å²) in [6.07, 6.45) is 0.772. The van der Waals surface area contributed by atoms with Gasteiger partial charge in [0, 0.05) is 30.3 Å². The summed E-state index contributed by atoms with van der Waals surface area (Å²) >= 11 is 1.37. The average molecular weight is 413 g/mol. The zero-order valence-electron chi connectivity index (χ0n) is 16.9. The summed E-state index contributed by atoms with van der Waals surface area (Å²) in [4.78, 5) is 28.2. The highest BCUT2D eigenvalue weighted by molar-refractivity contribution is 7.14. The molecule has 0 radical (unpaired) electrons. The Morgan fingerprint density at radius 3 is 2.59 bits per heavy atom. The summed E-state index contributed by atoms with van der Waals surface area (Å²) < 4.78 is 5.29. The number of carbonyl (C=O) groups excluding carboxylic acids is 2. The van der Waals surface area contributed by atoms with E-state index < -0.39 is 0 Å². The Morgan fingerprint density at radius 2 is 1.93 bits per heavy atom. The van der Waals surface area contributed by atoms with Crippen molar-refractivity contribution in [3.8, 4) is 11.3 Å². The van der Waals surface area contributed by atoms with Crippen LogP contribution in [-0.2, 0) is 11.2 Å². The van der Waals surface area contributed by atoms with E-state index >= 15 is 0 Å². The molecule has 2 aromatic heterocycles. The van der Waals surface area contributed by atoms with Crippen LogP contribution in [0.2, 0.25) is 0 Å². The Kier molecular flexibility index (Phi) is 6.43. The lowest BCUT2D eigenvalue weighted by Gasteiger charge is -2.05. The minimum Gasteiger partial charge on any atom is -0.360 e. The second-order valence-electron chi connectivity index (χ2n) is 7.08. The minimum absolute atomic E-state index is 0.0272. The number of rotatable bonds is 7. The van der Waals surface area contributed by atoms with Crippen molar-refractivity contribution in [2.24, 2.45) is 0 Å². The standard InChI is InChI=1S/C21H24N4O3S/c1-12(2)19-18(13(3)25-28-19)20(27)24-21-23-17(11-29-21)16-7-5-15(6-8-16)9-10-22-14(4)26/h5-8,11-12H,9-10H2,1-4H3,(H,22,26)(H,23,24,27). The fraction of sp³-hybridized carbons (Fsp3) is 0.333. The third kappa shape index (κ3) is 5.08. The number of anilines is 1. The molecule has 0 unspecified atom stereocenters. The van der Waals surface area contributed by atoms with Crippen LogP contribution in [0.4, 0.5) is 5.13 Å². The van der Waals surface area contributed by atoms with Crippen molar-refractivity contribution in [2.75, 3.05) is 11.9 Å². The Hall–Kier alpha value is -3.00. The van der Waals surface area contributed by atoms with Gasteiger partial charge in [-0.15, -0.1) is 11.3 Å². The molecule has 0 aliphatic rings. The third-order valence-electron chi connectivity index (χ3n) is 4.40. The molecule has 0 saturated carbocycles. The minimum atomic E-state index is -0.262. The molecule has 2 heterocycles. The van der Waals surface area contributed by atoms with E-state index in [0.29, 0.717) is 28.7 Å². The molecule has 0 spiro atoms. The number of hydrogen-bond donors (Lipinski definition) is 2. The number of benzene rings is 1. The van der Waals surface area contributed by atoms with Gasteiger partial charge >= 0.3 is 0 Å². The first-order valence-electron chi connectivity index (χ1n) is 9.42. The zero-order chi connectivity index (χ0) is 21.0. The molecule has 0 fully saturated rings. The lowest BCUT2D eigenvalue weighted by Crippen LogP contribution is -2.22. The van der Waals surface area contributed by atoms with Gasteiger partial charge in [-0.25, -0.2) is 4.98 Å². The maximum absolute atomic E-state index is 12.7. The number of nitrogens with one attached hydrogen (secondary N) is 2. The van der Waals surface area contributed by atoms with E-state index in [-0.39, 0.29) is 17.7 Å². The number of hydrogen-bond acceptors (Lipinski definition) is 6. The Bertz CT molecular complexity index is 1010. The number of thiazole rings is 1. The maximum Gasteiger partial charge on any atom is 0.262 e. The second-order valence-corrected chi connectivity index (χ2v) is 7.94. The first-order valence-corrected chi connectivity index (χ1v) is 10.3. The molecule has 8 heteroatoms. The maximum atomic E-state index is 12.7. The number of nitrogens with zero attached hydrogens (tertiary/aromatic N) is 2. The summed E-state index contributed by atoms with van der Waals surface area (Å²) in [6, 6.07) is 8.02. The highest BCUT2D eigenvalue weighted by Gasteiger charge is 2.23. The Labute approximate surface area is 173 Å². The van der Waals surface area contributed by atoms with Crippen LogP contribution in [0.3, 0.4) is 0 Å². The van der Waals surface area contributed by atoms with Crippen LogP contribution in [0.5, 0.6) is 0 Å². The molecule has 0 bridgehead atoms. The molecule has 0 atom stereocenters. The van der Waals surface area contributed by atoms with Crippen molar-refractivity contribution in [1.29, 1.82) is 0 Å². The molecule has 0 aliphatic heterocycles. The smallest absolute Gasteiger partial charge is 0.262 e. The van der Waals surface area contributed by atoms with Crippen LogP contribution >= 0.6 is 11.3 Å². The quantitative estimate of drug-likeness (QED) is 0.607. The van der Waals surface area contributed by atoms with Gasteiger partial charge in [-0.05, 0) is 18.9 Å². The van der Waals surface area contributed by atoms with Gasteiger partial charge in [0.2, 0.25) is 5.91 Å². The van der Waals surface area contributed by atoms with Gasteiger partial charge in [0.25, 0.3) is 5.91 Å². The van der Waals surface area contributed by atoms with Crippen LogP contribution in [0.1, 0.15) is 54.1 Å². The third-order valence-corrected chi connectivity index (χ3v) is 5.16. The summed E-state index contributed by atoms with van der Waals surface area (Å²) in [5.74, 6) is 0.349. The first kappa shape index (κ1) is 20.7. The number of carbonyl (C=O) groups is 2. The van der Waals surface area contributed by atoms with Gasteiger partial charge in [-0.3, -0.25) is 14.9 Å². The fourth-order valence-electron chi connectivity index (χ4n) is 2.91. The molecule has 1 aromatic carbocycles. The Balaban J connectivity index is 1.67. The van der Waals surface area contributed by atoms with E-state index in [1.807, 2.05) is 43.5 Å². The normalized spacial score (nSPS) is 10.9. The topological polar surface area (TPSA) is 97.1 Å². The lowest BCUT2D eigenvalue weighted by atomic mass is 10.0. The number of aromatic nitrogens is 2. The van der Waals surface area contributed by atoms with E-state index in [1.165, 1.54) is 18.3 Å². The van der Waals surface area contributed by atoms with E-state index in [4.69, 9.17) is 4.52 Å². The summed E-state index contributed by atoms with van der Waals surface area (Å²) in [6.45, 7) is 7.79. The molecule has 3 aromatic rings. The van der Waals surface area contributed by atoms with E-state index in [2.05, 4.69) is 20.8 Å². The average Bonchev–Trinajstić information content (AvgIpc) is 3.28. The van der Waals surface area contributed by atoms with Crippen molar-refractivity contribution in [3.63, 3.8) is 0 Å². The van der Waals surface area contributed by atoms with Crippen LogP contribution in [0.25, 0.3) is 11.3 Å². The molecule has 3 rings (SSSR count). The molecular formula is C21H24N4O3S. The van der Waals surface area contributed by atoms with Gasteiger partial charge in [0.05, 0.1) is 11.4 Å².